The van der Waals surface area contributed by atoms with E-state index in [1.807, 2.05) is 0 Å². The molecule has 21 nitrogen and oxygen atoms in total. The normalized spacial score (nSPS) is 27.8. The molecule has 1 aromatic rings. The van der Waals surface area contributed by atoms with Crippen molar-refractivity contribution >= 4 is 47.3 Å². The lowest BCUT2D eigenvalue weighted by Crippen LogP contribution is -2.62. The van der Waals surface area contributed by atoms with Gasteiger partial charge in [-0.2, -0.15) is 0 Å². The van der Waals surface area contributed by atoms with Crippen LogP contribution in [0.25, 0.3) is 0 Å². The highest BCUT2D eigenvalue weighted by Gasteiger charge is 2.49. The second kappa shape index (κ2) is 28.8. The number of amides is 8. The number of aliphatic hydroxyl groups excluding tert-OH is 4. The van der Waals surface area contributed by atoms with E-state index >= 15 is 0 Å². The lowest BCUT2D eigenvalue weighted by Gasteiger charge is -2.33. The molecule has 13 atom stereocenters. The third-order valence-corrected chi connectivity index (χ3v) is 14.3. The van der Waals surface area contributed by atoms with Crippen molar-refractivity contribution in [1.29, 1.82) is 0 Å². The van der Waals surface area contributed by atoms with Gasteiger partial charge in [-0.1, -0.05) is 84.8 Å². The minimum absolute atomic E-state index is 0.0305. The average Bonchev–Trinajstić information content (AvgIpc) is 3.87. The third-order valence-electron chi connectivity index (χ3n) is 14.3. The molecule has 404 valence electrons. The number of aromatic hydroxyl groups is 1. The SMILES string of the molecule is CCC(C)CC(C)CCCCCCCCC(=O)N[C@H]1CCCNC(=O)[C@@H]2[C@@H](O)[C@@H](C)CN2C(=O)[C@H]([C@H](O)CC(N)=O)NC(=O)[C@H](CCc2ccc(O)cc2)NC(=O)[C@@H]2C[C@@H](O)CN2C(=O)[C@H]([C@@H](C)O)NC1=O. The Bertz CT molecular complexity index is 1990. The molecule has 1 aromatic carbocycles. The molecule has 3 aliphatic rings. The molecule has 0 aromatic heterocycles. The zero-order valence-electron chi connectivity index (χ0n) is 42.7. The molecule has 2 unspecified atom stereocenters. The maximum atomic E-state index is 14.5. The van der Waals surface area contributed by atoms with Crippen LogP contribution in [-0.2, 0) is 44.8 Å². The second-order valence-corrected chi connectivity index (χ2v) is 20.6. The second-order valence-electron chi connectivity index (χ2n) is 20.6. The number of aliphatic hydroxyl groups is 4. The number of rotatable bonds is 20. The number of aryl methyl sites for hydroxylation is 1. The number of hydrogen-bond acceptors (Lipinski definition) is 13. The van der Waals surface area contributed by atoms with Crippen molar-refractivity contribution in [3.05, 3.63) is 29.8 Å². The van der Waals surface area contributed by atoms with Gasteiger partial charge in [0.1, 0.15) is 42.0 Å². The summed E-state index contributed by atoms with van der Waals surface area (Å²) < 4.78 is 0. The fourth-order valence-corrected chi connectivity index (χ4v) is 9.88. The summed E-state index contributed by atoms with van der Waals surface area (Å²) in [7, 11) is 0. The average molecular weight is 1020 g/mol. The molecule has 0 saturated carbocycles. The summed E-state index contributed by atoms with van der Waals surface area (Å²) in [6.45, 7) is 8.90. The van der Waals surface area contributed by atoms with E-state index in [1.165, 1.54) is 38.3 Å². The van der Waals surface area contributed by atoms with E-state index in [4.69, 9.17) is 5.73 Å². The highest BCUT2D eigenvalue weighted by molar-refractivity contribution is 5.98. The van der Waals surface area contributed by atoms with Gasteiger partial charge in [0.25, 0.3) is 0 Å². The smallest absolute Gasteiger partial charge is 0.248 e. The maximum absolute atomic E-state index is 14.5. The first-order valence-electron chi connectivity index (χ1n) is 26.0. The Morgan fingerprint density at radius 2 is 1.44 bits per heavy atom. The van der Waals surface area contributed by atoms with Gasteiger partial charge in [-0.15, -0.1) is 0 Å². The Kier molecular flexibility index (Phi) is 23.6. The molecular formula is C51H82N8O13. The zero-order valence-corrected chi connectivity index (χ0v) is 42.7. The first-order valence-corrected chi connectivity index (χ1v) is 26.0. The molecule has 3 aliphatic heterocycles. The van der Waals surface area contributed by atoms with E-state index in [-0.39, 0.29) is 57.4 Å². The van der Waals surface area contributed by atoms with Crippen molar-refractivity contribution in [3.63, 3.8) is 0 Å². The molecule has 0 aliphatic carbocycles. The molecule has 21 heteroatoms. The summed E-state index contributed by atoms with van der Waals surface area (Å²) in [6.07, 6.45) is 1.94. The minimum atomic E-state index is -1.94. The monoisotopic (exact) mass is 1010 g/mol. The molecule has 3 saturated heterocycles. The predicted molar refractivity (Wildman–Crippen MR) is 265 cm³/mol. The van der Waals surface area contributed by atoms with Crippen LogP contribution in [0.2, 0.25) is 0 Å². The fraction of sp³-hybridized carbons (Fsp3) is 0.725. The van der Waals surface area contributed by atoms with E-state index in [0.717, 1.165) is 47.8 Å². The minimum Gasteiger partial charge on any atom is -0.508 e. The Balaban J connectivity index is 1.62. The number of nitrogens with two attached hydrogens (primary N) is 1. The summed E-state index contributed by atoms with van der Waals surface area (Å²) in [5.74, 6) is -6.38. The number of nitrogens with zero attached hydrogens (tertiary/aromatic N) is 2. The number of hydrogen-bond donors (Lipinski definition) is 11. The van der Waals surface area contributed by atoms with E-state index in [2.05, 4.69) is 47.4 Å². The number of carbonyl (C=O) groups is 8. The van der Waals surface area contributed by atoms with Crippen molar-refractivity contribution < 1.29 is 63.9 Å². The predicted octanol–water partition coefficient (Wildman–Crippen LogP) is 0.154. The number of carbonyl (C=O) groups excluding carboxylic acids is 8. The molecule has 4 rings (SSSR count). The third kappa shape index (κ3) is 17.7. The lowest BCUT2D eigenvalue weighted by atomic mass is 9.91. The molecule has 12 N–H and O–H groups in total. The molecule has 8 amide bonds. The van der Waals surface area contributed by atoms with Crippen LogP contribution >= 0.6 is 0 Å². The topological polar surface area (TPSA) is 330 Å². The zero-order chi connectivity index (χ0) is 53.2. The Hall–Kier alpha value is -5.38. The highest BCUT2D eigenvalue weighted by Crippen LogP contribution is 2.27. The molecule has 3 heterocycles. The number of fused-ring (bicyclic) bond motifs is 2. The Labute approximate surface area is 423 Å². The van der Waals surface area contributed by atoms with E-state index in [0.29, 0.717) is 17.9 Å². The van der Waals surface area contributed by atoms with Crippen LogP contribution in [0.15, 0.2) is 24.3 Å². The van der Waals surface area contributed by atoms with E-state index < -0.39 is 127 Å². The first kappa shape index (κ1) is 59.2. The number of benzene rings is 1. The van der Waals surface area contributed by atoms with Crippen molar-refractivity contribution in [2.45, 2.75) is 198 Å². The quantitative estimate of drug-likeness (QED) is 0.0777. The van der Waals surface area contributed by atoms with Crippen molar-refractivity contribution in [2.75, 3.05) is 19.6 Å². The molecular weight excluding hydrogens is 933 g/mol. The molecule has 0 radical (unpaired) electrons. The summed E-state index contributed by atoms with van der Waals surface area (Å²) in [4.78, 5) is 113. The van der Waals surface area contributed by atoms with Crippen LogP contribution in [0, 0.1) is 17.8 Å². The van der Waals surface area contributed by atoms with Crippen LogP contribution in [0.4, 0.5) is 0 Å². The van der Waals surface area contributed by atoms with Crippen molar-refractivity contribution in [2.24, 2.45) is 23.5 Å². The number of phenolic OH excluding ortho intramolecular Hbond substituents is 1. The summed E-state index contributed by atoms with van der Waals surface area (Å²) in [6, 6.07) is -3.41. The van der Waals surface area contributed by atoms with Gasteiger partial charge in [0.15, 0.2) is 0 Å². The van der Waals surface area contributed by atoms with Crippen LogP contribution < -0.4 is 32.3 Å². The largest absolute Gasteiger partial charge is 0.508 e. The van der Waals surface area contributed by atoms with Crippen LogP contribution in [0.3, 0.4) is 0 Å². The standard InChI is InChI=1S/C51H82N8O13/c1-6-29(2)24-30(3)14-11-9-7-8-10-12-16-41(65)54-36-15-13-23-53-49(70)44-45(66)31(4)27-59(44)51(72)43(39(63)26-40(52)64)57-47(68)37(22-19-33-17-20-34(61)21-18-33)55-48(69)38-25-35(62)28-58(38)50(71)42(32(5)60)56-46(36)67/h17-18,20-21,29-32,35-39,42-45,60-63,66H,6-16,19,22-28H2,1-5H3,(H2,52,64)(H,53,70)(H,54,65)(H,55,69)(H,56,67)(H,57,68)/t29?,30?,31-,32+,35+,36-,37-,38-,39+,42-,43-,44-,45-/m0/s1. The highest BCUT2D eigenvalue weighted by atomic mass is 16.3. The fourth-order valence-electron chi connectivity index (χ4n) is 9.88. The van der Waals surface area contributed by atoms with Crippen LogP contribution in [-0.4, -0.2) is 163 Å². The Morgan fingerprint density at radius 3 is 2.10 bits per heavy atom. The van der Waals surface area contributed by atoms with Crippen LogP contribution in [0.5, 0.6) is 5.75 Å². The van der Waals surface area contributed by atoms with Gasteiger partial charge in [-0.05, 0) is 75.0 Å². The number of unbranched alkanes of at least 4 members (excludes halogenated alkanes) is 5. The van der Waals surface area contributed by atoms with Gasteiger partial charge in [0, 0.05) is 38.4 Å². The summed E-state index contributed by atoms with van der Waals surface area (Å²) in [5, 5.41) is 67.1. The van der Waals surface area contributed by atoms with Gasteiger partial charge in [-0.3, -0.25) is 38.4 Å². The summed E-state index contributed by atoms with van der Waals surface area (Å²) in [5.41, 5.74) is 6.02. The van der Waals surface area contributed by atoms with Gasteiger partial charge >= 0.3 is 0 Å². The van der Waals surface area contributed by atoms with Gasteiger partial charge < -0.3 is 67.7 Å². The van der Waals surface area contributed by atoms with Crippen LogP contribution in [0.1, 0.15) is 136 Å². The maximum Gasteiger partial charge on any atom is 0.248 e. The van der Waals surface area contributed by atoms with Gasteiger partial charge in [0.2, 0.25) is 47.3 Å². The van der Waals surface area contributed by atoms with Gasteiger partial charge in [0.05, 0.1) is 30.8 Å². The van der Waals surface area contributed by atoms with Crippen molar-refractivity contribution in [1.82, 2.24) is 36.4 Å². The lowest BCUT2D eigenvalue weighted by molar-refractivity contribution is -0.147. The molecule has 3 fully saturated rings. The molecule has 0 bridgehead atoms. The molecule has 72 heavy (non-hydrogen) atoms. The first-order chi connectivity index (χ1) is 34.1. The number of nitrogens with one attached hydrogen (secondary N) is 5. The van der Waals surface area contributed by atoms with E-state index in [9.17, 15) is 63.9 Å². The summed E-state index contributed by atoms with van der Waals surface area (Å²) >= 11 is 0. The molecule has 0 spiro atoms. The number of primary amides is 1. The van der Waals surface area contributed by atoms with Crippen molar-refractivity contribution in [3.8, 4) is 5.75 Å². The van der Waals surface area contributed by atoms with Gasteiger partial charge in [-0.25, -0.2) is 0 Å². The Morgan fingerprint density at radius 1 is 0.806 bits per heavy atom. The van der Waals surface area contributed by atoms with E-state index in [1.54, 1.807) is 19.1 Å². The number of phenols is 1.